The molecule has 0 saturated heterocycles. The molecule has 0 amide bonds. The maximum absolute atomic E-state index is 12.3. The molecule has 1 aromatic carbocycles. The van der Waals surface area contributed by atoms with Crippen molar-refractivity contribution in [3.8, 4) is 0 Å². The maximum atomic E-state index is 12.3. The summed E-state index contributed by atoms with van der Waals surface area (Å²) in [5.74, 6) is 0. The van der Waals surface area contributed by atoms with E-state index in [0.29, 0.717) is 13.2 Å². The molecule has 0 saturated carbocycles. The molecule has 2 nitrogen and oxygen atoms in total. The minimum atomic E-state index is -2.39. The fourth-order valence-corrected chi connectivity index (χ4v) is 1.51. The van der Waals surface area contributed by atoms with E-state index in [-0.39, 0.29) is 5.56 Å². The Kier molecular flexibility index (Phi) is 7.53. The maximum Gasteiger partial charge on any atom is 0.263 e. The fourth-order valence-electron chi connectivity index (χ4n) is 1.51. The molecule has 0 aliphatic carbocycles. The second-order valence-corrected chi connectivity index (χ2v) is 4.18. The van der Waals surface area contributed by atoms with Gasteiger partial charge in [-0.3, -0.25) is 0 Å². The molecule has 0 bridgehead atoms. The first-order chi connectivity index (χ1) is 8.74. The minimum Gasteiger partial charge on any atom is -0.380 e. The summed E-state index contributed by atoms with van der Waals surface area (Å²) >= 11 is 0. The first-order valence-electron chi connectivity index (χ1n) is 6.39. The molecule has 0 heterocycles. The monoisotopic (exact) mass is 257 g/mol. The van der Waals surface area contributed by atoms with E-state index in [1.807, 2.05) is 0 Å². The molecule has 18 heavy (non-hydrogen) atoms. The van der Waals surface area contributed by atoms with E-state index in [1.54, 1.807) is 12.1 Å². The molecule has 0 aliphatic heterocycles. The SMILES string of the molecule is CCCCOCCNCc1ccc(C(F)F)cc1. The summed E-state index contributed by atoms with van der Waals surface area (Å²) in [5, 5.41) is 3.21. The van der Waals surface area contributed by atoms with Gasteiger partial charge in [0.05, 0.1) is 6.61 Å². The zero-order chi connectivity index (χ0) is 13.2. The lowest BCUT2D eigenvalue weighted by molar-refractivity contribution is 0.133. The van der Waals surface area contributed by atoms with E-state index in [2.05, 4.69) is 12.2 Å². The Balaban J connectivity index is 2.12. The van der Waals surface area contributed by atoms with Crippen LogP contribution < -0.4 is 5.32 Å². The van der Waals surface area contributed by atoms with Crippen molar-refractivity contribution in [3.63, 3.8) is 0 Å². The summed E-state index contributed by atoms with van der Waals surface area (Å²) in [7, 11) is 0. The Labute approximate surface area is 107 Å². The van der Waals surface area contributed by atoms with Crippen molar-refractivity contribution in [3.05, 3.63) is 35.4 Å². The Hall–Kier alpha value is -1.00. The van der Waals surface area contributed by atoms with E-state index in [9.17, 15) is 8.78 Å². The van der Waals surface area contributed by atoms with Crippen LogP contribution in [-0.2, 0) is 11.3 Å². The van der Waals surface area contributed by atoms with Crippen LogP contribution in [0.1, 0.15) is 37.3 Å². The van der Waals surface area contributed by atoms with Crippen LogP contribution in [0, 0.1) is 0 Å². The summed E-state index contributed by atoms with van der Waals surface area (Å²) in [4.78, 5) is 0. The van der Waals surface area contributed by atoms with Crippen LogP contribution in [0.5, 0.6) is 0 Å². The van der Waals surface area contributed by atoms with Crippen molar-refractivity contribution < 1.29 is 13.5 Å². The number of unbranched alkanes of at least 4 members (excludes halogenated alkanes) is 1. The van der Waals surface area contributed by atoms with Crippen LogP contribution >= 0.6 is 0 Å². The zero-order valence-corrected chi connectivity index (χ0v) is 10.8. The Morgan fingerprint density at radius 1 is 1.17 bits per heavy atom. The summed E-state index contributed by atoms with van der Waals surface area (Å²) in [6.07, 6.45) is -0.155. The normalized spacial score (nSPS) is 11.1. The number of nitrogens with one attached hydrogen (secondary N) is 1. The van der Waals surface area contributed by atoms with Gasteiger partial charge in [-0.2, -0.15) is 0 Å². The van der Waals surface area contributed by atoms with Gasteiger partial charge >= 0.3 is 0 Å². The van der Waals surface area contributed by atoms with Crippen LogP contribution in [0.4, 0.5) is 8.78 Å². The number of alkyl halides is 2. The van der Waals surface area contributed by atoms with E-state index >= 15 is 0 Å². The highest BCUT2D eigenvalue weighted by Gasteiger charge is 2.05. The molecule has 4 heteroatoms. The number of ether oxygens (including phenoxy) is 1. The molecule has 1 aromatic rings. The van der Waals surface area contributed by atoms with E-state index in [1.165, 1.54) is 12.1 Å². The molecule has 0 aliphatic rings. The van der Waals surface area contributed by atoms with Gasteiger partial charge in [0.25, 0.3) is 6.43 Å². The lowest BCUT2D eigenvalue weighted by atomic mass is 10.1. The quantitative estimate of drug-likeness (QED) is 0.683. The zero-order valence-electron chi connectivity index (χ0n) is 10.8. The van der Waals surface area contributed by atoms with E-state index in [0.717, 1.165) is 31.6 Å². The predicted molar refractivity (Wildman–Crippen MR) is 68.8 cm³/mol. The molecule has 0 aromatic heterocycles. The first kappa shape index (κ1) is 15.1. The van der Waals surface area contributed by atoms with Crippen molar-refractivity contribution in [2.24, 2.45) is 0 Å². The number of rotatable bonds is 9. The van der Waals surface area contributed by atoms with Gasteiger partial charge in [0, 0.05) is 25.3 Å². The highest BCUT2D eigenvalue weighted by molar-refractivity contribution is 5.23. The second kappa shape index (κ2) is 9.00. The predicted octanol–water partition coefficient (Wildman–Crippen LogP) is 3.53. The molecule has 0 atom stereocenters. The smallest absolute Gasteiger partial charge is 0.263 e. The average Bonchev–Trinajstić information content (AvgIpc) is 2.38. The van der Waals surface area contributed by atoms with Crippen molar-refractivity contribution in [2.45, 2.75) is 32.7 Å². The summed E-state index contributed by atoms with van der Waals surface area (Å²) in [6.45, 7) is 5.09. The molecule has 102 valence electrons. The van der Waals surface area contributed by atoms with Crippen molar-refractivity contribution in [1.29, 1.82) is 0 Å². The van der Waals surface area contributed by atoms with Gasteiger partial charge in [-0.05, 0) is 12.0 Å². The number of benzene rings is 1. The van der Waals surface area contributed by atoms with Gasteiger partial charge in [-0.1, -0.05) is 37.6 Å². The third-order valence-corrected chi connectivity index (χ3v) is 2.63. The molecule has 0 fully saturated rings. The van der Waals surface area contributed by atoms with Gasteiger partial charge in [0.2, 0.25) is 0 Å². The molecular formula is C14H21F2NO. The topological polar surface area (TPSA) is 21.3 Å². The average molecular weight is 257 g/mol. The van der Waals surface area contributed by atoms with Crippen LogP contribution in [0.3, 0.4) is 0 Å². The Morgan fingerprint density at radius 3 is 2.50 bits per heavy atom. The number of hydrogen-bond donors (Lipinski definition) is 1. The highest BCUT2D eigenvalue weighted by Crippen LogP contribution is 2.18. The van der Waals surface area contributed by atoms with Crippen molar-refractivity contribution in [1.82, 2.24) is 5.32 Å². The van der Waals surface area contributed by atoms with Gasteiger partial charge in [0.15, 0.2) is 0 Å². The summed E-state index contributed by atoms with van der Waals surface area (Å²) in [5.41, 5.74) is 1.08. The van der Waals surface area contributed by atoms with Crippen molar-refractivity contribution in [2.75, 3.05) is 19.8 Å². The third kappa shape index (κ3) is 6.07. The van der Waals surface area contributed by atoms with Crippen LogP contribution in [0.2, 0.25) is 0 Å². The molecular weight excluding hydrogens is 236 g/mol. The summed E-state index contributed by atoms with van der Waals surface area (Å²) < 4.78 is 30.0. The van der Waals surface area contributed by atoms with Crippen LogP contribution in [-0.4, -0.2) is 19.8 Å². The number of halogens is 2. The summed E-state index contributed by atoms with van der Waals surface area (Å²) in [6, 6.07) is 6.40. The lowest BCUT2D eigenvalue weighted by Crippen LogP contribution is -2.19. The van der Waals surface area contributed by atoms with Crippen molar-refractivity contribution >= 4 is 0 Å². The number of hydrogen-bond acceptors (Lipinski definition) is 2. The minimum absolute atomic E-state index is 0.0710. The van der Waals surface area contributed by atoms with Gasteiger partial charge in [0.1, 0.15) is 0 Å². The standard InChI is InChI=1S/C14H21F2NO/c1-2-3-9-18-10-8-17-11-12-4-6-13(7-5-12)14(15)16/h4-7,14,17H,2-3,8-11H2,1H3. The molecule has 0 spiro atoms. The molecule has 1 rings (SSSR count). The van der Waals surface area contributed by atoms with E-state index < -0.39 is 6.43 Å². The first-order valence-corrected chi connectivity index (χ1v) is 6.39. The van der Waals surface area contributed by atoms with Crippen LogP contribution in [0.25, 0.3) is 0 Å². The fraction of sp³-hybridized carbons (Fsp3) is 0.571. The molecule has 0 radical (unpaired) electrons. The Bertz CT molecular complexity index is 314. The Morgan fingerprint density at radius 2 is 1.89 bits per heavy atom. The third-order valence-electron chi connectivity index (χ3n) is 2.63. The molecule has 1 N–H and O–H groups in total. The highest BCUT2D eigenvalue weighted by atomic mass is 19.3. The second-order valence-electron chi connectivity index (χ2n) is 4.18. The van der Waals surface area contributed by atoms with Gasteiger partial charge in [-0.15, -0.1) is 0 Å². The lowest BCUT2D eigenvalue weighted by Gasteiger charge is -2.07. The van der Waals surface area contributed by atoms with Gasteiger partial charge < -0.3 is 10.1 Å². The largest absolute Gasteiger partial charge is 0.380 e. The van der Waals surface area contributed by atoms with Crippen LogP contribution in [0.15, 0.2) is 24.3 Å². The van der Waals surface area contributed by atoms with Gasteiger partial charge in [-0.25, -0.2) is 8.78 Å². The van der Waals surface area contributed by atoms with E-state index in [4.69, 9.17) is 4.74 Å². The molecule has 0 unspecified atom stereocenters.